The van der Waals surface area contributed by atoms with Crippen LogP contribution in [0.3, 0.4) is 0 Å². The summed E-state index contributed by atoms with van der Waals surface area (Å²) < 4.78 is 32.9. The molecule has 0 aliphatic heterocycles. The summed E-state index contributed by atoms with van der Waals surface area (Å²) in [7, 11) is -4.24. The maximum atomic E-state index is 12.3. The molecule has 2 atom stereocenters. The van der Waals surface area contributed by atoms with Gasteiger partial charge in [0, 0.05) is 19.6 Å². The molecule has 0 spiro atoms. The van der Waals surface area contributed by atoms with Gasteiger partial charge in [-0.25, -0.2) is 4.57 Å². The van der Waals surface area contributed by atoms with Crippen molar-refractivity contribution in [1.29, 1.82) is 0 Å². The van der Waals surface area contributed by atoms with Crippen molar-refractivity contribution in [3.8, 4) is 0 Å². The van der Waals surface area contributed by atoms with Crippen LogP contribution in [-0.2, 0) is 27.9 Å². The summed E-state index contributed by atoms with van der Waals surface area (Å²) in [6.45, 7) is 4.84. The second-order valence-electron chi connectivity index (χ2n) is 9.63. The Morgan fingerprint density at radius 3 is 1.75 bits per heavy atom. The third-order valence-electron chi connectivity index (χ3n) is 6.02. The van der Waals surface area contributed by atoms with Crippen LogP contribution in [0.4, 0.5) is 0 Å². The number of phosphoric acid groups is 1. The average molecular weight is 538 g/mol. The van der Waals surface area contributed by atoms with Crippen molar-refractivity contribution < 1.29 is 32.8 Å². The molecule has 3 N–H and O–H groups in total. The van der Waals surface area contributed by atoms with Crippen LogP contribution >= 0.6 is 7.82 Å². The van der Waals surface area contributed by atoms with Crippen molar-refractivity contribution in [1.82, 2.24) is 0 Å². The number of phosphoric ester groups is 1. The van der Waals surface area contributed by atoms with Gasteiger partial charge in [0.2, 0.25) is 0 Å². The second kappa shape index (κ2) is 26.1. The number of hydrogen-bond donors (Lipinski definition) is 2. The Morgan fingerprint density at radius 1 is 0.722 bits per heavy atom. The normalized spacial score (nSPS) is 14.0. The van der Waals surface area contributed by atoms with Crippen LogP contribution < -0.4 is 5.73 Å². The van der Waals surface area contributed by atoms with Gasteiger partial charge in [0.05, 0.1) is 19.8 Å². The van der Waals surface area contributed by atoms with Gasteiger partial charge < -0.3 is 20.1 Å². The van der Waals surface area contributed by atoms with Gasteiger partial charge in [-0.15, -0.1) is 0 Å². The second-order valence-corrected chi connectivity index (χ2v) is 11.1. The molecular formula is C27H56NO7P. The number of carbonyl (C=O) groups excluding carboxylic acids is 1. The van der Waals surface area contributed by atoms with Gasteiger partial charge in [-0.05, 0) is 12.8 Å². The Hall–Kier alpha value is -0.500. The molecular weight excluding hydrogens is 481 g/mol. The molecule has 0 saturated heterocycles. The van der Waals surface area contributed by atoms with Crippen molar-refractivity contribution in [2.75, 3.05) is 33.0 Å². The van der Waals surface area contributed by atoms with Crippen LogP contribution in [0.5, 0.6) is 0 Å². The molecule has 0 bridgehead atoms. The number of carbonyl (C=O) groups is 1. The first-order chi connectivity index (χ1) is 17.4. The minimum atomic E-state index is -4.24. The largest absolute Gasteiger partial charge is 0.472 e. The number of hydrogen-bond acceptors (Lipinski definition) is 7. The molecule has 0 saturated carbocycles. The van der Waals surface area contributed by atoms with Gasteiger partial charge in [-0.1, -0.05) is 110 Å². The third kappa shape index (κ3) is 25.2. The van der Waals surface area contributed by atoms with Gasteiger partial charge in [0.15, 0.2) is 0 Å². The first-order valence-corrected chi connectivity index (χ1v) is 16.0. The highest BCUT2D eigenvalue weighted by Gasteiger charge is 2.25. The van der Waals surface area contributed by atoms with E-state index in [-0.39, 0.29) is 32.3 Å². The summed E-state index contributed by atoms with van der Waals surface area (Å²) in [5.74, 6) is -0.340. The third-order valence-corrected chi connectivity index (χ3v) is 7.01. The molecule has 8 nitrogen and oxygen atoms in total. The average Bonchev–Trinajstić information content (AvgIpc) is 2.86. The van der Waals surface area contributed by atoms with Crippen molar-refractivity contribution in [2.45, 2.75) is 136 Å². The molecule has 0 amide bonds. The lowest BCUT2D eigenvalue weighted by Crippen LogP contribution is -2.28. The van der Waals surface area contributed by atoms with E-state index in [1.807, 2.05) is 0 Å². The highest BCUT2D eigenvalue weighted by Crippen LogP contribution is 2.43. The summed E-state index contributed by atoms with van der Waals surface area (Å²) in [6.07, 6.45) is 19.9. The van der Waals surface area contributed by atoms with Crippen molar-refractivity contribution in [3.63, 3.8) is 0 Å². The van der Waals surface area contributed by atoms with Gasteiger partial charge in [0.25, 0.3) is 0 Å². The molecule has 0 aromatic heterocycles. The standard InChI is InChI=1S/C27H56NO7P/c1-3-5-7-9-11-12-13-14-15-17-19-22-32-24-26(25-34-36(30,31)33-23-21-28)35-27(29)20-18-16-10-8-6-4-2/h26H,3-25,28H2,1-2H3,(H,30,31). The minimum absolute atomic E-state index is 0.0916. The van der Waals surface area contributed by atoms with Gasteiger partial charge in [0.1, 0.15) is 6.10 Å². The zero-order valence-electron chi connectivity index (χ0n) is 23.3. The van der Waals surface area contributed by atoms with E-state index < -0.39 is 13.9 Å². The van der Waals surface area contributed by atoms with Crippen molar-refractivity contribution in [3.05, 3.63) is 0 Å². The van der Waals surface area contributed by atoms with Crippen LogP contribution in [0, 0.1) is 0 Å². The molecule has 0 aromatic rings. The minimum Gasteiger partial charge on any atom is -0.457 e. The molecule has 36 heavy (non-hydrogen) atoms. The van der Waals surface area contributed by atoms with Gasteiger partial charge >= 0.3 is 13.8 Å². The fraction of sp³-hybridized carbons (Fsp3) is 0.963. The number of ether oxygens (including phenoxy) is 2. The molecule has 0 rings (SSSR count). The van der Waals surface area contributed by atoms with E-state index in [4.69, 9.17) is 24.3 Å². The zero-order chi connectivity index (χ0) is 26.7. The van der Waals surface area contributed by atoms with E-state index in [1.54, 1.807) is 0 Å². The van der Waals surface area contributed by atoms with Gasteiger partial charge in [-0.3, -0.25) is 13.8 Å². The summed E-state index contributed by atoms with van der Waals surface area (Å²) in [5, 5.41) is 0. The molecule has 9 heteroatoms. The lowest BCUT2D eigenvalue weighted by molar-refractivity contribution is -0.154. The first kappa shape index (κ1) is 35.5. The molecule has 0 aliphatic carbocycles. The molecule has 0 radical (unpaired) electrons. The van der Waals surface area contributed by atoms with Crippen molar-refractivity contribution in [2.24, 2.45) is 5.73 Å². The predicted molar refractivity (Wildman–Crippen MR) is 146 cm³/mol. The summed E-state index contributed by atoms with van der Waals surface area (Å²) >= 11 is 0. The van der Waals surface area contributed by atoms with E-state index in [1.165, 1.54) is 77.0 Å². The van der Waals surface area contributed by atoms with E-state index in [2.05, 4.69) is 13.8 Å². The van der Waals surface area contributed by atoms with Crippen LogP contribution in [-0.4, -0.2) is 49.9 Å². The Morgan fingerprint density at radius 2 is 1.22 bits per heavy atom. The van der Waals surface area contributed by atoms with E-state index in [0.29, 0.717) is 13.0 Å². The Kier molecular flexibility index (Phi) is 25.8. The Balaban J connectivity index is 4.14. The van der Waals surface area contributed by atoms with Gasteiger partial charge in [-0.2, -0.15) is 0 Å². The summed E-state index contributed by atoms with van der Waals surface area (Å²) in [4.78, 5) is 22.0. The Bertz CT molecular complexity index is 536. The SMILES string of the molecule is CCCCCCCCCCCCCOCC(COP(=O)(O)OCCN)OC(=O)CCCCCCCC. The maximum Gasteiger partial charge on any atom is 0.472 e. The highest BCUT2D eigenvalue weighted by molar-refractivity contribution is 7.47. The number of unbranched alkanes of at least 4 members (excludes halogenated alkanes) is 15. The number of nitrogens with two attached hydrogens (primary N) is 1. The van der Waals surface area contributed by atoms with Crippen LogP contribution in [0.2, 0.25) is 0 Å². The molecule has 0 aliphatic rings. The molecule has 0 heterocycles. The molecule has 2 unspecified atom stereocenters. The molecule has 216 valence electrons. The smallest absolute Gasteiger partial charge is 0.457 e. The number of esters is 1. The van der Waals surface area contributed by atoms with Crippen molar-refractivity contribution >= 4 is 13.8 Å². The van der Waals surface area contributed by atoms with E-state index in [9.17, 15) is 14.3 Å². The van der Waals surface area contributed by atoms with Crippen LogP contribution in [0.25, 0.3) is 0 Å². The first-order valence-electron chi connectivity index (χ1n) is 14.5. The zero-order valence-corrected chi connectivity index (χ0v) is 24.2. The highest BCUT2D eigenvalue weighted by atomic mass is 31.2. The molecule has 0 fully saturated rings. The van der Waals surface area contributed by atoms with E-state index >= 15 is 0 Å². The summed E-state index contributed by atoms with van der Waals surface area (Å²) in [6, 6.07) is 0. The monoisotopic (exact) mass is 537 g/mol. The quantitative estimate of drug-likeness (QED) is 0.0618. The lowest BCUT2D eigenvalue weighted by atomic mass is 10.1. The van der Waals surface area contributed by atoms with Crippen LogP contribution in [0.1, 0.15) is 129 Å². The Labute approximate surface area is 221 Å². The van der Waals surface area contributed by atoms with E-state index in [0.717, 1.165) is 32.1 Å². The summed E-state index contributed by atoms with van der Waals surface area (Å²) in [5.41, 5.74) is 5.30. The maximum absolute atomic E-state index is 12.3. The number of rotatable bonds is 28. The topological polar surface area (TPSA) is 117 Å². The molecule has 0 aromatic carbocycles. The predicted octanol–water partition coefficient (Wildman–Crippen LogP) is 7.07. The lowest BCUT2D eigenvalue weighted by Gasteiger charge is -2.20. The van der Waals surface area contributed by atoms with Crippen LogP contribution in [0.15, 0.2) is 0 Å². The fourth-order valence-corrected chi connectivity index (χ4v) is 4.64. The fourth-order valence-electron chi connectivity index (χ4n) is 3.88.